The molecule has 3 aromatic rings. The molecule has 0 aliphatic carbocycles. The quantitative estimate of drug-likeness (QED) is 0.801. The minimum atomic E-state index is -0.106. The maximum Gasteiger partial charge on any atom is 0.258 e. The first-order valence-electron chi connectivity index (χ1n) is 7.51. The predicted octanol–water partition coefficient (Wildman–Crippen LogP) is 3.63. The van der Waals surface area contributed by atoms with Crippen LogP contribution >= 0.6 is 0 Å². The van der Waals surface area contributed by atoms with E-state index >= 15 is 0 Å². The van der Waals surface area contributed by atoms with Gasteiger partial charge in [-0.2, -0.15) is 0 Å². The van der Waals surface area contributed by atoms with Crippen LogP contribution in [0.4, 0.5) is 0 Å². The molecule has 3 nitrogen and oxygen atoms in total. The Morgan fingerprint density at radius 3 is 2.45 bits per heavy atom. The molecule has 3 rings (SSSR count). The number of hydrogen-bond donors (Lipinski definition) is 1. The summed E-state index contributed by atoms with van der Waals surface area (Å²) in [4.78, 5) is 12.8. The van der Waals surface area contributed by atoms with Crippen LogP contribution in [0.15, 0.2) is 53.3 Å². The van der Waals surface area contributed by atoms with Crippen molar-refractivity contribution < 1.29 is 5.11 Å². The highest BCUT2D eigenvalue weighted by Gasteiger charge is 2.16. The van der Waals surface area contributed by atoms with E-state index in [4.69, 9.17) is 0 Å². The van der Waals surface area contributed by atoms with E-state index < -0.39 is 0 Å². The minimum Gasteiger partial charge on any atom is -0.507 e. The van der Waals surface area contributed by atoms with Crippen LogP contribution in [0.5, 0.6) is 5.75 Å². The molecule has 1 heterocycles. The summed E-state index contributed by atoms with van der Waals surface area (Å²) in [6, 6.07) is 15.5. The molecule has 1 aromatic heterocycles. The van der Waals surface area contributed by atoms with Gasteiger partial charge in [-0.15, -0.1) is 0 Å². The molecular weight excluding hydrogens is 274 g/mol. The lowest BCUT2D eigenvalue weighted by Crippen LogP contribution is -2.24. The number of aryl methyl sites for hydroxylation is 2. The van der Waals surface area contributed by atoms with Crippen LogP contribution in [0.2, 0.25) is 0 Å². The number of aromatic hydroxyl groups is 1. The third-order valence-electron chi connectivity index (χ3n) is 4.09. The lowest BCUT2D eigenvalue weighted by molar-refractivity contribution is 0.472. The molecule has 22 heavy (non-hydrogen) atoms. The highest BCUT2D eigenvalue weighted by atomic mass is 16.3. The fourth-order valence-electron chi connectivity index (χ4n) is 3.00. The second-order valence-electron chi connectivity index (χ2n) is 5.51. The van der Waals surface area contributed by atoms with Gasteiger partial charge in [0, 0.05) is 18.4 Å². The molecule has 0 fully saturated rings. The van der Waals surface area contributed by atoms with E-state index in [1.54, 1.807) is 4.57 Å². The molecule has 0 unspecified atom stereocenters. The Hall–Kier alpha value is -2.55. The van der Waals surface area contributed by atoms with E-state index in [1.165, 1.54) is 0 Å². The van der Waals surface area contributed by atoms with E-state index in [0.29, 0.717) is 18.5 Å². The van der Waals surface area contributed by atoms with Gasteiger partial charge in [-0.25, -0.2) is 0 Å². The molecule has 112 valence electrons. The molecule has 0 radical (unpaired) electrons. The van der Waals surface area contributed by atoms with Crippen molar-refractivity contribution >= 4 is 10.9 Å². The standard InChI is InChI=1S/C19H19NO2/c1-3-20-17-13(2)8-7-11-15(17)18(21)16(19(20)22)12-14-9-5-4-6-10-14/h4-11,21H,3,12H2,1-2H3. The molecule has 1 N–H and O–H groups in total. The number of aromatic nitrogens is 1. The first-order valence-corrected chi connectivity index (χ1v) is 7.51. The summed E-state index contributed by atoms with van der Waals surface area (Å²) >= 11 is 0. The Balaban J connectivity index is 2.30. The number of pyridine rings is 1. The molecule has 0 aliphatic rings. The van der Waals surface area contributed by atoms with Gasteiger partial charge in [-0.05, 0) is 31.0 Å². The molecule has 3 heteroatoms. The fourth-order valence-corrected chi connectivity index (χ4v) is 3.00. The van der Waals surface area contributed by atoms with Crippen LogP contribution in [0.25, 0.3) is 10.9 Å². The van der Waals surface area contributed by atoms with Crippen molar-refractivity contribution in [3.63, 3.8) is 0 Å². The Labute approximate surface area is 129 Å². The fraction of sp³-hybridized carbons (Fsp3) is 0.211. The van der Waals surface area contributed by atoms with Gasteiger partial charge in [-0.1, -0.05) is 42.5 Å². The second kappa shape index (κ2) is 5.68. The SMILES string of the molecule is CCn1c(=O)c(Cc2ccccc2)c(O)c2cccc(C)c21. The van der Waals surface area contributed by atoms with Crippen molar-refractivity contribution in [1.82, 2.24) is 4.57 Å². The number of hydrogen-bond acceptors (Lipinski definition) is 2. The number of fused-ring (bicyclic) bond motifs is 1. The molecule has 0 aliphatic heterocycles. The summed E-state index contributed by atoms with van der Waals surface area (Å²) < 4.78 is 1.75. The Morgan fingerprint density at radius 1 is 1.05 bits per heavy atom. The van der Waals surface area contributed by atoms with Crippen LogP contribution in [0.3, 0.4) is 0 Å². The Morgan fingerprint density at radius 2 is 1.77 bits per heavy atom. The van der Waals surface area contributed by atoms with Gasteiger partial charge >= 0.3 is 0 Å². The van der Waals surface area contributed by atoms with Crippen molar-refractivity contribution in [3.8, 4) is 5.75 Å². The molecule has 0 amide bonds. The molecular formula is C19H19NO2. The smallest absolute Gasteiger partial charge is 0.258 e. The van der Waals surface area contributed by atoms with Gasteiger partial charge < -0.3 is 9.67 Å². The van der Waals surface area contributed by atoms with Crippen molar-refractivity contribution in [2.45, 2.75) is 26.8 Å². The van der Waals surface area contributed by atoms with Crippen LogP contribution in [0, 0.1) is 6.92 Å². The summed E-state index contributed by atoms with van der Waals surface area (Å²) in [7, 11) is 0. The topological polar surface area (TPSA) is 42.2 Å². The van der Waals surface area contributed by atoms with E-state index in [1.807, 2.05) is 62.4 Å². The highest BCUT2D eigenvalue weighted by Crippen LogP contribution is 2.29. The number of benzene rings is 2. The lowest BCUT2D eigenvalue weighted by atomic mass is 10.0. The molecule has 0 saturated carbocycles. The zero-order chi connectivity index (χ0) is 15.7. The average molecular weight is 293 g/mol. The van der Waals surface area contributed by atoms with E-state index in [0.717, 1.165) is 22.0 Å². The largest absolute Gasteiger partial charge is 0.507 e. The summed E-state index contributed by atoms with van der Waals surface area (Å²) in [5.41, 5.74) is 3.20. The van der Waals surface area contributed by atoms with Gasteiger partial charge in [0.2, 0.25) is 0 Å². The number of para-hydroxylation sites is 1. The zero-order valence-corrected chi connectivity index (χ0v) is 12.8. The maximum atomic E-state index is 12.8. The van der Waals surface area contributed by atoms with Crippen LogP contribution < -0.4 is 5.56 Å². The molecule has 2 aromatic carbocycles. The Bertz CT molecular complexity index is 879. The highest BCUT2D eigenvalue weighted by molar-refractivity contribution is 5.88. The van der Waals surface area contributed by atoms with Gasteiger partial charge in [0.25, 0.3) is 5.56 Å². The lowest BCUT2D eigenvalue weighted by Gasteiger charge is -2.15. The van der Waals surface area contributed by atoms with Crippen molar-refractivity contribution in [2.75, 3.05) is 0 Å². The summed E-state index contributed by atoms with van der Waals surface area (Å²) in [5.74, 6) is 0.109. The molecule has 0 spiro atoms. The van der Waals surface area contributed by atoms with E-state index in [-0.39, 0.29) is 11.3 Å². The number of nitrogens with zero attached hydrogens (tertiary/aromatic N) is 1. The van der Waals surface area contributed by atoms with Gasteiger partial charge in [-0.3, -0.25) is 4.79 Å². The first-order chi connectivity index (χ1) is 10.6. The van der Waals surface area contributed by atoms with Crippen LogP contribution in [0.1, 0.15) is 23.6 Å². The van der Waals surface area contributed by atoms with Crippen LogP contribution in [-0.4, -0.2) is 9.67 Å². The second-order valence-corrected chi connectivity index (χ2v) is 5.51. The summed E-state index contributed by atoms with van der Waals surface area (Å²) in [6.45, 7) is 4.50. The first kappa shape index (κ1) is 14.4. The zero-order valence-electron chi connectivity index (χ0n) is 12.8. The van der Waals surface area contributed by atoms with Crippen molar-refractivity contribution in [1.29, 1.82) is 0 Å². The summed E-state index contributed by atoms with van der Waals surface area (Å²) in [5, 5.41) is 11.4. The van der Waals surface area contributed by atoms with Crippen molar-refractivity contribution in [3.05, 3.63) is 75.6 Å². The minimum absolute atomic E-state index is 0.106. The van der Waals surface area contributed by atoms with E-state index in [9.17, 15) is 9.90 Å². The third-order valence-corrected chi connectivity index (χ3v) is 4.09. The monoisotopic (exact) mass is 293 g/mol. The normalized spacial score (nSPS) is 11.0. The van der Waals surface area contributed by atoms with E-state index in [2.05, 4.69) is 0 Å². The summed E-state index contributed by atoms with van der Waals surface area (Å²) in [6.07, 6.45) is 0.440. The van der Waals surface area contributed by atoms with Crippen molar-refractivity contribution in [2.24, 2.45) is 0 Å². The Kier molecular flexibility index (Phi) is 3.72. The van der Waals surface area contributed by atoms with Gasteiger partial charge in [0.1, 0.15) is 5.75 Å². The predicted molar refractivity (Wildman–Crippen MR) is 89.5 cm³/mol. The molecule has 0 atom stereocenters. The van der Waals surface area contributed by atoms with Gasteiger partial charge in [0.15, 0.2) is 0 Å². The third kappa shape index (κ3) is 2.29. The molecule has 0 bridgehead atoms. The van der Waals surface area contributed by atoms with Crippen LogP contribution in [-0.2, 0) is 13.0 Å². The number of rotatable bonds is 3. The van der Waals surface area contributed by atoms with Gasteiger partial charge in [0.05, 0.1) is 11.1 Å². The average Bonchev–Trinajstić information content (AvgIpc) is 2.54. The maximum absolute atomic E-state index is 12.8. The molecule has 0 saturated heterocycles.